The van der Waals surface area contributed by atoms with Crippen LogP contribution in [0.15, 0.2) is 65.9 Å². The van der Waals surface area contributed by atoms with Crippen LogP contribution < -0.4 is 14.5 Å². The molecule has 0 radical (unpaired) electrons. The predicted octanol–water partition coefficient (Wildman–Crippen LogP) is 5.17. The first-order valence-electron chi connectivity index (χ1n) is 11.2. The number of nitrogens with zero attached hydrogens (tertiary/aromatic N) is 2. The van der Waals surface area contributed by atoms with Crippen molar-refractivity contribution in [3.05, 3.63) is 65.9 Å². The minimum atomic E-state index is -0.346. The molecule has 0 saturated heterocycles. The van der Waals surface area contributed by atoms with E-state index in [0.717, 1.165) is 30.0 Å². The summed E-state index contributed by atoms with van der Waals surface area (Å²) in [7, 11) is 3.79. The third-order valence-electron chi connectivity index (χ3n) is 6.48. The topological polar surface area (TPSA) is 42.0 Å². The molecule has 1 fully saturated rings. The van der Waals surface area contributed by atoms with Crippen molar-refractivity contribution in [2.24, 2.45) is 0 Å². The van der Waals surface area contributed by atoms with Crippen molar-refractivity contribution in [2.75, 3.05) is 30.6 Å². The van der Waals surface area contributed by atoms with E-state index in [9.17, 15) is 4.79 Å². The Labute approximate surface area is 185 Å². The zero-order valence-corrected chi connectivity index (χ0v) is 18.7. The molecule has 1 aliphatic carbocycles. The van der Waals surface area contributed by atoms with Crippen molar-refractivity contribution in [1.82, 2.24) is 0 Å². The summed E-state index contributed by atoms with van der Waals surface area (Å²) in [4.78, 5) is 17.7. The largest absolute Gasteiger partial charge is 0.497 e. The van der Waals surface area contributed by atoms with Crippen LogP contribution in [0.2, 0.25) is 0 Å². The van der Waals surface area contributed by atoms with Gasteiger partial charge in [0.2, 0.25) is 0 Å². The number of hydrogen-bond donors (Lipinski definition) is 0. The molecule has 0 N–H and O–H groups in total. The number of hydrogen-bond acceptors (Lipinski definition) is 5. The molecule has 2 aliphatic rings. The van der Waals surface area contributed by atoms with Crippen LogP contribution in [-0.4, -0.2) is 38.8 Å². The van der Waals surface area contributed by atoms with Crippen molar-refractivity contribution in [1.29, 1.82) is 0 Å². The second kappa shape index (κ2) is 9.46. The van der Waals surface area contributed by atoms with E-state index in [1.165, 1.54) is 24.1 Å². The van der Waals surface area contributed by atoms with E-state index in [-0.39, 0.29) is 18.1 Å². The summed E-state index contributed by atoms with van der Waals surface area (Å²) in [6, 6.07) is 18.3. The molecule has 5 nitrogen and oxygen atoms in total. The van der Waals surface area contributed by atoms with E-state index in [2.05, 4.69) is 53.2 Å². The fourth-order valence-electron chi connectivity index (χ4n) is 4.98. The number of para-hydroxylation sites is 1. The molecule has 5 heteroatoms. The lowest BCUT2D eigenvalue weighted by Crippen LogP contribution is -2.54. The first-order valence-corrected chi connectivity index (χ1v) is 11.2. The molecule has 1 aliphatic heterocycles. The van der Waals surface area contributed by atoms with Gasteiger partial charge in [-0.2, -0.15) is 0 Å². The zero-order chi connectivity index (χ0) is 21.8. The lowest BCUT2D eigenvalue weighted by atomic mass is 9.81. The van der Waals surface area contributed by atoms with E-state index >= 15 is 0 Å². The fraction of sp³-hybridized carbons (Fsp3) is 0.423. The predicted molar refractivity (Wildman–Crippen MR) is 125 cm³/mol. The Morgan fingerprint density at radius 1 is 1.10 bits per heavy atom. The van der Waals surface area contributed by atoms with E-state index < -0.39 is 0 Å². The van der Waals surface area contributed by atoms with E-state index in [4.69, 9.17) is 9.47 Å². The number of carbonyl (C=O) groups excluding carboxylic acids is 1. The number of benzene rings is 2. The first-order chi connectivity index (χ1) is 15.1. The summed E-state index contributed by atoms with van der Waals surface area (Å²) in [5, 5.41) is 0. The molecule has 2 aromatic carbocycles. The summed E-state index contributed by atoms with van der Waals surface area (Å²) >= 11 is 0. The summed E-state index contributed by atoms with van der Waals surface area (Å²) < 4.78 is 10.9. The molecule has 0 spiro atoms. The maximum absolute atomic E-state index is 13.2. The molecule has 0 aromatic heterocycles. The number of esters is 1. The number of ether oxygens (including phenoxy) is 2. The molecule has 4 rings (SSSR count). The Morgan fingerprint density at radius 3 is 2.52 bits per heavy atom. The third kappa shape index (κ3) is 4.27. The molecule has 0 amide bonds. The van der Waals surface area contributed by atoms with Gasteiger partial charge in [0.15, 0.2) is 0 Å². The smallest absolute Gasteiger partial charge is 0.329 e. The average molecular weight is 421 g/mol. The minimum Gasteiger partial charge on any atom is -0.497 e. The fourth-order valence-corrected chi connectivity index (χ4v) is 4.98. The molecule has 1 saturated carbocycles. The standard InChI is InChI=1S/C26H32N2O3/c1-4-31-26(29)25-18-24(27(2)19-10-6-5-7-11-19)22-12-8-9-13-23(22)28(25)20-14-16-21(30-3)17-15-20/h5-7,10-11,14-17,23,25H,4,8-9,12-13,18H2,1-3H3/t23-,25+/m1/s1. The van der Waals surface area contributed by atoms with E-state index in [1.807, 2.05) is 25.1 Å². The van der Waals surface area contributed by atoms with Crippen molar-refractivity contribution >= 4 is 17.3 Å². The Bertz CT molecular complexity index is 923. The summed E-state index contributed by atoms with van der Waals surface area (Å²) in [6.45, 7) is 2.26. The van der Waals surface area contributed by atoms with Crippen molar-refractivity contribution in [3.63, 3.8) is 0 Å². The molecule has 1 heterocycles. The van der Waals surface area contributed by atoms with Gasteiger partial charge in [0.25, 0.3) is 0 Å². The van der Waals surface area contributed by atoms with Gasteiger partial charge in [0, 0.05) is 30.5 Å². The number of methoxy groups -OCH3 is 1. The second-order valence-electron chi connectivity index (χ2n) is 8.21. The van der Waals surface area contributed by atoms with Crippen LogP contribution >= 0.6 is 0 Å². The number of anilines is 2. The first kappa shape index (κ1) is 21.3. The average Bonchev–Trinajstić information content (AvgIpc) is 2.83. The lowest BCUT2D eigenvalue weighted by molar-refractivity contribution is -0.145. The van der Waals surface area contributed by atoms with Gasteiger partial charge >= 0.3 is 5.97 Å². The van der Waals surface area contributed by atoms with Gasteiger partial charge < -0.3 is 19.3 Å². The maximum atomic E-state index is 13.2. The van der Waals surface area contributed by atoms with Crippen LogP contribution in [0.1, 0.15) is 39.0 Å². The third-order valence-corrected chi connectivity index (χ3v) is 6.48. The Kier molecular flexibility index (Phi) is 6.50. The van der Waals surface area contributed by atoms with Crippen molar-refractivity contribution < 1.29 is 14.3 Å². The minimum absolute atomic E-state index is 0.151. The molecule has 0 unspecified atom stereocenters. The Balaban J connectivity index is 1.78. The summed E-state index contributed by atoms with van der Waals surface area (Å²) in [5.41, 5.74) is 4.91. The van der Waals surface area contributed by atoms with Crippen LogP contribution in [0.25, 0.3) is 0 Å². The van der Waals surface area contributed by atoms with Crippen molar-refractivity contribution in [2.45, 2.75) is 51.1 Å². The number of rotatable bonds is 6. The van der Waals surface area contributed by atoms with Gasteiger partial charge in [-0.1, -0.05) is 24.6 Å². The highest BCUT2D eigenvalue weighted by atomic mass is 16.5. The number of fused-ring (bicyclic) bond motifs is 1. The molecule has 2 atom stereocenters. The zero-order valence-electron chi connectivity index (χ0n) is 18.7. The quantitative estimate of drug-likeness (QED) is 0.603. The Hall–Kier alpha value is -2.95. The highest BCUT2D eigenvalue weighted by Gasteiger charge is 2.42. The molecular formula is C26H32N2O3. The summed E-state index contributed by atoms with van der Waals surface area (Å²) in [5.74, 6) is 0.666. The monoisotopic (exact) mass is 420 g/mol. The van der Waals surface area contributed by atoms with Crippen LogP contribution in [0.4, 0.5) is 11.4 Å². The van der Waals surface area contributed by atoms with Gasteiger partial charge in [-0.25, -0.2) is 4.79 Å². The molecule has 0 bridgehead atoms. The van der Waals surface area contributed by atoms with Gasteiger partial charge in [-0.05, 0) is 68.2 Å². The van der Waals surface area contributed by atoms with Gasteiger partial charge in [-0.3, -0.25) is 0 Å². The SMILES string of the molecule is CCOC(=O)[C@@H]1CC(N(C)c2ccccc2)=C2CCCC[C@H]2N1c1ccc(OC)cc1. The second-order valence-corrected chi connectivity index (χ2v) is 8.21. The van der Waals surface area contributed by atoms with Crippen LogP contribution in [0, 0.1) is 0 Å². The van der Waals surface area contributed by atoms with E-state index in [0.29, 0.717) is 13.0 Å². The highest BCUT2D eigenvalue weighted by molar-refractivity contribution is 5.82. The molecule has 31 heavy (non-hydrogen) atoms. The van der Waals surface area contributed by atoms with Gasteiger partial charge in [-0.15, -0.1) is 0 Å². The van der Waals surface area contributed by atoms with Gasteiger partial charge in [0.05, 0.1) is 19.8 Å². The molecular weight excluding hydrogens is 388 g/mol. The van der Waals surface area contributed by atoms with Crippen LogP contribution in [0.3, 0.4) is 0 Å². The van der Waals surface area contributed by atoms with Crippen LogP contribution in [-0.2, 0) is 9.53 Å². The number of carbonyl (C=O) groups is 1. The summed E-state index contributed by atoms with van der Waals surface area (Å²) in [6.07, 6.45) is 5.11. The van der Waals surface area contributed by atoms with Crippen LogP contribution in [0.5, 0.6) is 5.75 Å². The Morgan fingerprint density at radius 2 is 1.84 bits per heavy atom. The maximum Gasteiger partial charge on any atom is 0.329 e. The lowest BCUT2D eigenvalue weighted by Gasteiger charge is -2.48. The highest BCUT2D eigenvalue weighted by Crippen LogP contribution is 2.42. The molecule has 164 valence electrons. The molecule has 2 aromatic rings. The van der Waals surface area contributed by atoms with Gasteiger partial charge in [0.1, 0.15) is 11.8 Å². The normalized spacial score (nSPS) is 20.8. The van der Waals surface area contributed by atoms with E-state index in [1.54, 1.807) is 7.11 Å². The van der Waals surface area contributed by atoms with Crippen molar-refractivity contribution in [3.8, 4) is 5.75 Å².